The van der Waals surface area contributed by atoms with Crippen molar-refractivity contribution in [2.24, 2.45) is 0 Å². The fourth-order valence-electron chi connectivity index (χ4n) is 1.31. The van der Waals surface area contributed by atoms with Crippen molar-refractivity contribution in [3.05, 3.63) is 10.8 Å². The van der Waals surface area contributed by atoms with Crippen molar-refractivity contribution >= 4 is 35.0 Å². The van der Waals surface area contributed by atoms with Crippen LogP contribution in [0.1, 0.15) is 23.0 Å². The SMILES string of the molecule is Cc1nnc(S[C@@H](C)c2nc(N)nc(N(C)C)n2)s1. The Balaban J connectivity index is 2.20. The molecule has 2 aromatic heterocycles. The summed E-state index contributed by atoms with van der Waals surface area (Å²) >= 11 is 3.12. The Morgan fingerprint density at radius 2 is 1.95 bits per heavy atom. The zero-order valence-electron chi connectivity index (χ0n) is 11.2. The second-order valence-corrected chi connectivity index (χ2v) is 6.86. The Morgan fingerprint density at radius 1 is 1.21 bits per heavy atom. The molecule has 2 heterocycles. The molecule has 0 aliphatic carbocycles. The molecule has 0 saturated carbocycles. The maximum atomic E-state index is 5.71. The van der Waals surface area contributed by atoms with Crippen LogP contribution >= 0.6 is 23.1 Å². The summed E-state index contributed by atoms with van der Waals surface area (Å²) in [6.07, 6.45) is 0. The smallest absolute Gasteiger partial charge is 0.229 e. The Morgan fingerprint density at radius 3 is 2.53 bits per heavy atom. The van der Waals surface area contributed by atoms with Gasteiger partial charge in [0.05, 0.1) is 5.25 Å². The van der Waals surface area contributed by atoms with Crippen LogP contribution in [0.2, 0.25) is 0 Å². The maximum Gasteiger partial charge on any atom is 0.229 e. The molecule has 102 valence electrons. The van der Waals surface area contributed by atoms with E-state index in [-0.39, 0.29) is 11.2 Å². The first-order valence-electron chi connectivity index (χ1n) is 5.61. The van der Waals surface area contributed by atoms with Gasteiger partial charge in [0.2, 0.25) is 11.9 Å². The molecule has 1 atom stereocenters. The quantitative estimate of drug-likeness (QED) is 0.849. The fourth-order valence-corrected chi connectivity index (χ4v) is 3.31. The number of hydrogen-bond donors (Lipinski definition) is 1. The number of nitrogen functional groups attached to an aromatic ring is 1. The minimum absolute atomic E-state index is 0.0383. The minimum Gasteiger partial charge on any atom is -0.368 e. The van der Waals surface area contributed by atoms with E-state index in [1.165, 1.54) is 0 Å². The third kappa shape index (κ3) is 3.51. The molecule has 2 rings (SSSR count). The van der Waals surface area contributed by atoms with E-state index >= 15 is 0 Å². The molecule has 0 fully saturated rings. The lowest BCUT2D eigenvalue weighted by molar-refractivity contribution is 0.862. The molecule has 0 radical (unpaired) electrons. The van der Waals surface area contributed by atoms with Gasteiger partial charge in [-0.05, 0) is 13.8 Å². The molecule has 0 saturated heterocycles. The van der Waals surface area contributed by atoms with Crippen LogP contribution in [-0.2, 0) is 0 Å². The van der Waals surface area contributed by atoms with Gasteiger partial charge in [0.1, 0.15) is 10.8 Å². The standard InChI is InChI=1S/C10H15N7S2/c1-5(18-10-16-15-6(2)19-10)7-12-8(11)14-9(13-7)17(3)4/h5H,1-4H3,(H2,11,12,13,14)/t5-/m0/s1. The highest BCUT2D eigenvalue weighted by Crippen LogP contribution is 2.35. The first-order chi connectivity index (χ1) is 8.95. The number of nitrogens with zero attached hydrogens (tertiary/aromatic N) is 6. The molecule has 0 amide bonds. The van der Waals surface area contributed by atoms with Crippen LogP contribution in [0.3, 0.4) is 0 Å². The molecule has 19 heavy (non-hydrogen) atoms. The highest BCUT2D eigenvalue weighted by atomic mass is 32.2. The predicted octanol–water partition coefficient (Wildman–Crippen LogP) is 1.53. The van der Waals surface area contributed by atoms with Crippen LogP contribution in [0.15, 0.2) is 4.34 Å². The number of nitrogens with two attached hydrogens (primary N) is 1. The predicted molar refractivity (Wildman–Crippen MR) is 77.5 cm³/mol. The van der Waals surface area contributed by atoms with Crippen LogP contribution in [0, 0.1) is 6.92 Å². The van der Waals surface area contributed by atoms with Crippen LogP contribution in [0.5, 0.6) is 0 Å². The lowest BCUT2D eigenvalue weighted by Crippen LogP contribution is -2.16. The molecule has 0 unspecified atom stereocenters. The van der Waals surface area contributed by atoms with Crippen molar-refractivity contribution in [2.75, 3.05) is 24.7 Å². The summed E-state index contributed by atoms with van der Waals surface area (Å²) in [5.74, 6) is 1.44. The van der Waals surface area contributed by atoms with Crippen molar-refractivity contribution in [3.8, 4) is 0 Å². The van der Waals surface area contributed by atoms with E-state index in [1.54, 1.807) is 28.0 Å². The van der Waals surface area contributed by atoms with Crippen molar-refractivity contribution < 1.29 is 0 Å². The Kier molecular flexibility index (Phi) is 4.15. The molecule has 9 heteroatoms. The summed E-state index contributed by atoms with van der Waals surface area (Å²) < 4.78 is 0.899. The average molecular weight is 297 g/mol. The molecule has 7 nitrogen and oxygen atoms in total. The largest absolute Gasteiger partial charge is 0.368 e. The van der Waals surface area contributed by atoms with Gasteiger partial charge < -0.3 is 10.6 Å². The number of thioether (sulfide) groups is 1. The van der Waals surface area contributed by atoms with Crippen LogP contribution in [-0.4, -0.2) is 39.2 Å². The van der Waals surface area contributed by atoms with E-state index in [9.17, 15) is 0 Å². The molecule has 0 spiro atoms. The van der Waals surface area contributed by atoms with Gasteiger partial charge in [0.15, 0.2) is 4.34 Å². The van der Waals surface area contributed by atoms with E-state index in [0.29, 0.717) is 11.8 Å². The molecule has 2 N–H and O–H groups in total. The first-order valence-corrected chi connectivity index (χ1v) is 7.31. The molecule has 0 aliphatic rings. The normalized spacial score (nSPS) is 12.4. The number of aromatic nitrogens is 5. The summed E-state index contributed by atoms with van der Waals surface area (Å²) in [6, 6.07) is 0. The molecule has 0 aliphatic heterocycles. The van der Waals surface area contributed by atoms with Gasteiger partial charge in [-0.3, -0.25) is 0 Å². The third-order valence-electron chi connectivity index (χ3n) is 2.21. The third-order valence-corrected chi connectivity index (χ3v) is 4.23. The summed E-state index contributed by atoms with van der Waals surface area (Å²) in [7, 11) is 3.73. The Hall–Kier alpha value is -1.48. The number of hydrogen-bond acceptors (Lipinski definition) is 9. The Bertz CT molecular complexity index is 569. The topological polar surface area (TPSA) is 93.7 Å². The van der Waals surface area contributed by atoms with Crippen LogP contribution < -0.4 is 10.6 Å². The molecular weight excluding hydrogens is 282 g/mol. The van der Waals surface area contributed by atoms with Crippen LogP contribution in [0.4, 0.5) is 11.9 Å². The summed E-state index contributed by atoms with van der Waals surface area (Å²) in [5.41, 5.74) is 5.71. The van der Waals surface area contributed by atoms with Gasteiger partial charge in [-0.25, -0.2) is 0 Å². The van der Waals surface area contributed by atoms with Gasteiger partial charge >= 0.3 is 0 Å². The van der Waals surface area contributed by atoms with Crippen molar-refractivity contribution in [2.45, 2.75) is 23.4 Å². The van der Waals surface area contributed by atoms with Gasteiger partial charge in [0.25, 0.3) is 0 Å². The highest BCUT2D eigenvalue weighted by molar-refractivity contribution is 8.01. The van der Waals surface area contributed by atoms with Gasteiger partial charge in [-0.2, -0.15) is 15.0 Å². The summed E-state index contributed by atoms with van der Waals surface area (Å²) in [4.78, 5) is 14.5. The zero-order chi connectivity index (χ0) is 14.0. The summed E-state index contributed by atoms with van der Waals surface area (Å²) in [5, 5.41) is 9.05. The van der Waals surface area contributed by atoms with Crippen molar-refractivity contribution in [1.29, 1.82) is 0 Å². The first kappa shape index (κ1) is 13.9. The molecular formula is C10H15N7S2. The highest BCUT2D eigenvalue weighted by Gasteiger charge is 2.16. The zero-order valence-corrected chi connectivity index (χ0v) is 12.8. The van der Waals surface area contributed by atoms with E-state index in [1.807, 2.05) is 27.9 Å². The van der Waals surface area contributed by atoms with Gasteiger partial charge in [-0.1, -0.05) is 23.1 Å². The minimum atomic E-state index is 0.0383. The number of anilines is 2. The lowest BCUT2D eigenvalue weighted by Gasteiger charge is -2.13. The van der Waals surface area contributed by atoms with Crippen molar-refractivity contribution in [1.82, 2.24) is 25.1 Å². The lowest BCUT2D eigenvalue weighted by atomic mass is 10.4. The molecule has 0 aromatic carbocycles. The Labute approximate surface area is 119 Å². The van der Waals surface area contributed by atoms with E-state index in [4.69, 9.17) is 5.73 Å². The van der Waals surface area contributed by atoms with E-state index in [2.05, 4.69) is 25.1 Å². The average Bonchev–Trinajstić information content (AvgIpc) is 2.73. The second-order valence-electron chi connectivity index (χ2n) is 4.09. The van der Waals surface area contributed by atoms with E-state index < -0.39 is 0 Å². The van der Waals surface area contributed by atoms with Crippen molar-refractivity contribution in [3.63, 3.8) is 0 Å². The number of rotatable bonds is 4. The fraction of sp³-hybridized carbons (Fsp3) is 0.500. The summed E-state index contributed by atoms with van der Waals surface area (Å²) in [6.45, 7) is 3.94. The monoisotopic (exact) mass is 297 g/mol. The number of aryl methyl sites for hydroxylation is 1. The van der Waals surface area contributed by atoms with Gasteiger partial charge in [-0.15, -0.1) is 10.2 Å². The second kappa shape index (κ2) is 5.66. The van der Waals surface area contributed by atoms with E-state index in [0.717, 1.165) is 9.35 Å². The molecule has 2 aromatic rings. The van der Waals surface area contributed by atoms with Crippen LogP contribution in [0.25, 0.3) is 0 Å². The molecule has 0 bridgehead atoms. The maximum absolute atomic E-state index is 5.71. The van der Waals surface area contributed by atoms with Gasteiger partial charge in [0, 0.05) is 14.1 Å².